The van der Waals surface area contributed by atoms with E-state index in [1.807, 2.05) is 24.3 Å². The Hall–Kier alpha value is -2.37. The van der Waals surface area contributed by atoms with Gasteiger partial charge in [0.1, 0.15) is 5.54 Å². The fourth-order valence-electron chi connectivity index (χ4n) is 3.73. The maximum absolute atomic E-state index is 12.7. The molecule has 25 heavy (non-hydrogen) atoms. The molecule has 2 aliphatic rings. The Morgan fingerprint density at radius 3 is 2.36 bits per heavy atom. The van der Waals surface area contributed by atoms with Gasteiger partial charge in [0.05, 0.1) is 0 Å². The molecule has 1 aromatic rings. The zero-order valence-corrected chi connectivity index (χ0v) is 14.9. The van der Waals surface area contributed by atoms with Gasteiger partial charge >= 0.3 is 6.03 Å². The molecule has 0 bridgehead atoms. The van der Waals surface area contributed by atoms with Gasteiger partial charge in [-0.15, -0.1) is 0 Å². The molecule has 1 aromatic carbocycles. The van der Waals surface area contributed by atoms with Gasteiger partial charge in [-0.2, -0.15) is 0 Å². The summed E-state index contributed by atoms with van der Waals surface area (Å²) < 4.78 is 0. The normalized spacial score (nSPS) is 26.3. The number of hydrogen-bond acceptors (Lipinski definition) is 3. The van der Waals surface area contributed by atoms with Gasteiger partial charge in [0.25, 0.3) is 11.8 Å². The Morgan fingerprint density at radius 1 is 1.16 bits per heavy atom. The molecule has 1 saturated heterocycles. The Labute approximate surface area is 147 Å². The maximum Gasteiger partial charge on any atom is 0.322 e. The highest BCUT2D eigenvalue weighted by Gasteiger charge is 2.48. The lowest BCUT2D eigenvalue weighted by Crippen LogP contribution is -2.52. The number of benzene rings is 1. The molecule has 6 heteroatoms. The Morgan fingerprint density at radius 2 is 1.80 bits per heavy atom. The molecule has 6 nitrogen and oxygen atoms in total. The molecular formula is C19H25N3O3. The van der Waals surface area contributed by atoms with Crippen LogP contribution >= 0.6 is 0 Å². The number of rotatable bonds is 2. The van der Waals surface area contributed by atoms with E-state index in [1.54, 1.807) is 0 Å². The van der Waals surface area contributed by atoms with E-state index in [0.29, 0.717) is 31.2 Å². The molecule has 0 atom stereocenters. The number of nitrogens with one attached hydrogen (secondary N) is 3. The van der Waals surface area contributed by atoms with Crippen LogP contribution < -0.4 is 16.0 Å². The van der Waals surface area contributed by atoms with Crippen molar-refractivity contribution in [2.75, 3.05) is 0 Å². The van der Waals surface area contributed by atoms with Crippen molar-refractivity contribution in [3.05, 3.63) is 35.4 Å². The summed E-state index contributed by atoms with van der Waals surface area (Å²) in [7, 11) is 0. The molecule has 0 aromatic heterocycles. The van der Waals surface area contributed by atoms with Crippen molar-refractivity contribution in [3.63, 3.8) is 0 Å². The number of hydrogen-bond donors (Lipinski definition) is 3. The monoisotopic (exact) mass is 343 g/mol. The standard InChI is InChI=1S/C19H25N3O3/c1-18(2,3)14-7-5-4-6-13(14)15(23)20-12-8-10-19(11-9-12)16(24)21-17(25)22-19/h4-7,12H,8-11H2,1-3H3,(H,20,23)(H2,21,22,24,25). The predicted octanol–water partition coefficient (Wildman–Crippen LogP) is 2.23. The SMILES string of the molecule is CC(C)(C)c1ccccc1C(=O)NC1CCC2(CC1)NC(=O)NC2=O. The molecule has 1 spiro atoms. The molecule has 2 fully saturated rings. The predicted molar refractivity (Wildman–Crippen MR) is 94.3 cm³/mol. The summed E-state index contributed by atoms with van der Waals surface area (Å²) >= 11 is 0. The van der Waals surface area contributed by atoms with Crippen molar-refractivity contribution >= 4 is 17.8 Å². The third-order valence-corrected chi connectivity index (χ3v) is 5.17. The van der Waals surface area contributed by atoms with Crippen LogP contribution in [0.3, 0.4) is 0 Å². The summed E-state index contributed by atoms with van der Waals surface area (Å²) in [6, 6.07) is 7.25. The summed E-state index contributed by atoms with van der Waals surface area (Å²) in [5, 5.41) is 8.14. The van der Waals surface area contributed by atoms with Gasteiger partial charge in [-0.1, -0.05) is 39.0 Å². The molecule has 3 N–H and O–H groups in total. The molecule has 0 unspecified atom stereocenters. The van der Waals surface area contributed by atoms with Crippen LogP contribution in [-0.2, 0) is 10.2 Å². The topological polar surface area (TPSA) is 87.3 Å². The number of carbonyl (C=O) groups excluding carboxylic acids is 3. The van der Waals surface area contributed by atoms with Crippen molar-refractivity contribution in [2.45, 2.75) is 63.5 Å². The molecule has 1 saturated carbocycles. The fourth-order valence-corrected chi connectivity index (χ4v) is 3.73. The lowest BCUT2D eigenvalue weighted by Gasteiger charge is -2.35. The van der Waals surface area contributed by atoms with E-state index < -0.39 is 11.6 Å². The van der Waals surface area contributed by atoms with Crippen molar-refractivity contribution in [1.82, 2.24) is 16.0 Å². The first-order valence-electron chi connectivity index (χ1n) is 8.75. The minimum atomic E-state index is -0.790. The van der Waals surface area contributed by atoms with Crippen LogP contribution in [0.25, 0.3) is 0 Å². The van der Waals surface area contributed by atoms with Crippen molar-refractivity contribution < 1.29 is 14.4 Å². The van der Waals surface area contributed by atoms with E-state index in [2.05, 4.69) is 36.7 Å². The van der Waals surface area contributed by atoms with Crippen LogP contribution in [0.1, 0.15) is 62.4 Å². The highest BCUT2D eigenvalue weighted by molar-refractivity contribution is 6.07. The summed E-state index contributed by atoms with van der Waals surface area (Å²) in [5.74, 6) is -0.327. The first-order valence-corrected chi connectivity index (χ1v) is 8.75. The lowest BCUT2D eigenvalue weighted by atomic mass is 9.79. The second-order valence-corrected chi connectivity index (χ2v) is 8.03. The molecule has 0 radical (unpaired) electrons. The molecule has 134 valence electrons. The van der Waals surface area contributed by atoms with E-state index in [9.17, 15) is 14.4 Å². The van der Waals surface area contributed by atoms with E-state index >= 15 is 0 Å². The van der Waals surface area contributed by atoms with E-state index in [1.165, 1.54) is 0 Å². The van der Waals surface area contributed by atoms with Gasteiger partial charge in [-0.25, -0.2) is 4.79 Å². The van der Waals surface area contributed by atoms with Gasteiger partial charge in [0.15, 0.2) is 0 Å². The molecule has 1 heterocycles. The molecular weight excluding hydrogens is 318 g/mol. The average Bonchev–Trinajstić information content (AvgIpc) is 2.82. The van der Waals surface area contributed by atoms with Crippen LogP contribution in [0.2, 0.25) is 0 Å². The van der Waals surface area contributed by atoms with Crippen molar-refractivity contribution in [3.8, 4) is 0 Å². The lowest BCUT2D eigenvalue weighted by molar-refractivity contribution is -0.125. The second kappa shape index (κ2) is 6.17. The van der Waals surface area contributed by atoms with Gasteiger partial charge < -0.3 is 10.6 Å². The summed E-state index contributed by atoms with van der Waals surface area (Å²) in [6.07, 6.45) is 2.40. The van der Waals surface area contributed by atoms with Gasteiger partial charge in [0.2, 0.25) is 0 Å². The van der Waals surface area contributed by atoms with Gasteiger partial charge in [-0.05, 0) is 42.7 Å². The Balaban J connectivity index is 1.66. The number of carbonyl (C=O) groups is 3. The second-order valence-electron chi connectivity index (χ2n) is 8.03. The van der Waals surface area contributed by atoms with Gasteiger partial charge in [-0.3, -0.25) is 14.9 Å². The minimum Gasteiger partial charge on any atom is -0.349 e. The molecule has 1 aliphatic carbocycles. The smallest absolute Gasteiger partial charge is 0.322 e. The quantitative estimate of drug-likeness (QED) is 0.720. The zero-order chi connectivity index (χ0) is 18.2. The summed E-state index contributed by atoms with van der Waals surface area (Å²) in [6.45, 7) is 6.26. The maximum atomic E-state index is 12.7. The van der Waals surface area contributed by atoms with Crippen LogP contribution in [0.4, 0.5) is 4.79 Å². The highest BCUT2D eigenvalue weighted by Crippen LogP contribution is 2.31. The minimum absolute atomic E-state index is 0.0106. The van der Waals surface area contributed by atoms with E-state index in [4.69, 9.17) is 0 Å². The molecule has 1 aliphatic heterocycles. The molecule has 3 rings (SSSR count). The largest absolute Gasteiger partial charge is 0.349 e. The third-order valence-electron chi connectivity index (χ3n) is 5.17. The summed E-state index contributed by atoms with van der Waals surface area (Å²) in [5.41, 5.74) is 0.808. The van der Waals surface area contributed by atoms with E-state index in [0.717, 1.165) is 5.56 Å². The zero-order valence-electron chi connectivity index (χ0n) is 14.9. The fraction of sp³-hybridized carbons (Fsp3) is 0.526. The van der Waals surface area contributed by atoms with Crippen molar-refractivity contribution in [1.29, 1.82) is 0 Å². The third kappa shape index (κ3) is 3.38. The van der Waals surface area contributed by atoms with Gasteiger partial charge in [0, 0.05) is 11.6 Å². The number of urea groups is 1. The highest BCUT2D eigenvalue weighted by atomic mass is 16.2. The number of amides is 4. The average molecular weight is 343 g/mol. The van der Waals surface area contributed by atoms with Crippen LogP contribution in [0, 0.1) is 0 Å². The van der Waals surface area contributed by atoms with E-state index in [-0.39, 0.29) is 23.3 Å². The Bertz CT molecular complexity index is 713. The summed E-state index contributed by atoms with van der Waals surface area (Å²) in [4.78, 5) is 36.1. The first-order chi connectivity index (χ1) is 11.7. The van der Waals surface area contributed by atoms with Crippen molar-refractivity contribution in [2.24, 2.45) is 0 Å². The first kappa shape index (κ1) is 17.5. The van der Waals surface area contributed by atoms with Crippen LogP contribution in [-0.4, -0.2) is 29.4 Å². The Kier molecular flexibility index (Phi) is 4.31. The van der Waals surface area contributed by atoms with Crippen LogP contribution in [0.15, 0.2) is 24.3 Å². The molecule has 4 amide bonds. The number of imide groups is 1. The van der Waals surface area contributed by atoms with Crippen LogP contribution in [0.5, 0.6) is 0 Å².